The van der Waals surface area contributed by atoms with E-state index in [1.165, 1.54) is 89.9 Å². The first-order chi connectivity index (χ1) is 10.3. The van der Waals surface area contributed by atoms with Gasteiger partial charge in [0.05, 0.1) is 0 Å². The summed E-state index contributed by atoms with van der Waals surface area (Å²) in [7, 11) is 1.85. The van der Waals surface area contributed by atoms with Crippen LogP contribution in [0.3, 0.4) is 0 Å². The van der Waals surface area contributed by atoms with Crippen molar-refractivity contribution in [3.63, 3.8) is 0 Å². The van der Waals surface area contributed by atoms with Crippen molar-refractivity contribution >= 4 is 8.56 Å². The third kappa shape index (κ3) is 4.55. The molecule has 124 valence electrons. The molecular weight excluding hydrogens is 276 g/mol. The molecule has 0 atom stereocenters. The lowest BCUT2D eigenvalue weighted by Gasteiger charge is -2.42. The molecule has 0 radical (unpaired) electrons. The highest BCUT2D eigenvalue weighted by Crippen LogP contribution is 2.46. The molecule has 0 unspecified atom stereocenters. The van der Waals surface area contributed by atoms with Gasteiger partial charge in [0, 0.05) is 25.3 Å². The molecule has 3 heteroatoms. The Bertz CT molecular complexity index is 238. The van der Waals surface area contributed by atoms with Gasteiger partial charge in [-0.2, -0.15) is 0 Å². The third-order valence-corrected chi connectivity index (χ3v) is 10.7. The smallest absolute Gasteiger partial charge is 0.344 e. The van der Waals surface area contributed by atoms with Gasteiger partial charge in [0.15, 0.2) is 0 Å². The highest BCUT2D eigenvalue weighted by molar-refractivity contribution is 6.70. The van der Waals surface area contributed by atoms with E-state index in [4.69, 9.17) is 8.85 Å². The van der Waals surface area contributed by atoms with Crippen LogP contribution >= 0.6 is 0 Å². The van der Waals surface area contributed by atoms with Crippen molar-refractivity contribution in [2.24, 2.45) is 0 Å². The molecule has 0 aliphatic heterocycles. The van der Waals surface area contributed by atoms with E-state index in [0.29, 0.717) is 0 Å². The van der Waals surface area contributed by atoms with Gasteiger partial charge >= 0.3 is 8.56 Å². The second-order valence-electron chi connectivity index (χ2n) is 7.21. The Morgan fingerprint density at radius 3 is 1.10 bits per heavy atom. The van der Waals surface area contributed by atoms with Gasteiger partial charge in [0.2, 0.25) is 0 Å². The quantitative estimate of drug-likeness (QED) is 0.597. The Kier molecular flexibility index (Phi) is 7.76. The van der Waals surface area contributed by atoms with Gasteiger partial charge in [-0.3, -0.25) is 0 Å². The van der Waals surface area contributed by atoms with Crippen LogP contribution in [-0.2, 0) is 8.85 Å². The first-order valence-electron chi connectivity index (χ1n) is 9.44. The highest BCUT2D eigenvalue weighted by Gasteiger charge is 2.50. The highest BCUT2D eigenvalue weighted by atomic mass is 28.4. The van der Waals surface area contributed by atoms with Gasteiger partial charge < -0.3 is 8.85 Å². The van der Waals surface area contributed by atoms with Crippen molar-refractivity contribution in [1.29, 1.82) is 0 Å². The summed E-state index contributed by atoms with van der Waals surface area (Å²) in [6, 6.07) is 0. The molecule has 2 nitrogen and oxygen atoms in total. The van der Waals surface area contributed by atoms with Crippen molar-refractivity contribution in [2.75, 3.05) is 14.2 Å². The van der Waals surface area contributed by atoms with Crippen molar-refractivity contribution in [3.8, 4) is 0 Å². The molecule has 0 spiro atoms. The zero-order chi connectivity index (χ0) is 15.0. The Labute approximate surface area is 133 Å². The molecule has 2 fully saturated rings. The molecule has 0 amide bonds. The maximum atomic E-state index is 6.28. The summed E-state index contributed by atoms with van der Waals surface area (Å²) in [6.07, 6.45) is 19.5. The third-order valence-electron chi connectivity index (χ3n) is 5.99. The van der Waals surface area contributed by atoms with Crippen molar-refractivity contribution in [3.05, 3.63) is 0 Å². The Morgan fingerprint density at radius 2 is 0.810 bits per heavy atom. The van der Waals surface area contributed by atoms with E-state index < -0.39 is 8.56 Å². The number of hydrogen-bond acceptors (Lipinski definition) is 2. The maximum Gasteiger partial charge on any atom is 0.344 e. The minimum Gasteiger partial charge on any atom is -0.397 e. The zero-order valence-electron chi connectivity index (χ0n) is 14.4. The lowest BCUT2D eigenvalue weighted by molar-refractivity contribution is 0.198. The van der Waals surface area contributed by atoms with E-state index in [9.17, 15) is 0 Å². The van der Waals surface area contributed by atoms with Crippen LogP contribution in [0.15, 0.2) is 0 Å². The summed E-state index contributed by atoms with van der Waals surface area (Å²) >= 11 is 0. The predicted octanol–water partition coefficient (Wildman–Crippen LogP) is 5.95. The molecule has 2 rings (SSSR count). The second-order valence-corrected chi connectivity index (χ2v) is 11.1. The number of hydrogen-bond donors (Lipinski definition) is 0. The van der Waals surface area contributed by atoms with Crippen LogP contribution in [0.5, 0.6) is 0 Å². The van der Waals surface area contributed by atoms with Crippen molar-refractivity contribution < 1.29 is 8.85 Å². The first-order valence-corrected chi connectivity index (χ1v) is 11.4. The van der Waals surface area contributed by atoms with Gasteiger partial charge in [-0.1, -0.05) is 64.2 Å². The maximum absolute atomic E-state index is 6.28. The predicted molar refractivity (Wildman–Crippen MR) is 91.9 cm³/mol. The first kappa shape index (κ1) is 17.5. The van der Waals surface area contributed by atoms with Crippen LogP contribution in [0, 0.1) is 0 Å². The molecule has 0 N–H and O–H groups in total. The van der Waals surface area contributed by atoms with E-state index in [1.807, 2.05) is 14.2 Å². The fraction of sp³-hybridized carbons (Fsp3) is 1.00. The molecule has 0 aromatic carbocycles. The van der Waals surface area contributed by atoms with Crippen LogP contribution in [-0.4, -0.2) is 22.8 Å². The van der Waals surface area contributed by atoms with Crippen LogP contribution in [0.1, 0.15) is 89.9 Å². The summed E-state index contributed by atoms with van der Waals surface area (Å²) in [5.74, 6) is 0. The van der Waals surface area contributed by atoms with Crippen molar-refractivity contribution in [2.45, 2.75) is 101 Å². The fourth-order valence-electron chi connectivity index (χ4n) is 4.80. The van der Waals surface area contributed by atoms with E-state index >= 15 is 0 Å². The van der Waals surface area contributed by atoms with Crippen LogP contribution in [0.25, 0.3) is 0 Å². The molecule has 0 heterocycles. The Balaban J connectivity index is 2.11. The average molecular weight is 313 g/mol. The summed E-state index contributed by atoms with van der Waals surface area (Å²) in [5.41, 5.74) is 1.47. The standard InChI is InChI=1S/C18H36O2Si/c1-19-21(20-2,17-13-9-5-3-6-10-14-17)18-15-11-7-4-8-12-16-18/h17-18H,3-16H2,1-2H3. The van der Waals surface area contributed by atoms with Crippen LogP contribution in [0.4, 0.5) is 0 Å². The van der Waals surface area contributed by atoms with Gasteiger partial charge in [0.25, 0.3) is 0 Å². The van der Waals surface area contributed by atoms with E-state index in [0.717, 1.165) is 11.1 Å². The van der Waals surface area contributed by atoms with Gasteiger partial charge in [0.1, 0.15) is 0 Å². The molecule has 0 saturated heterocycles. The van der Waals surface area contributed by atoms with Gasteiger partial charge in [-0.15, -0.1) is 0 Å². The summed E-state index contributed by atoms with van der Waals surface area (Å²) in [4.78, 5) is 0. The van der Waals surface area contributed by atoms with E-state index in [1.54, 1.807) is 0 Å². The minimum atomic E-state index is -2.05. The van der Waals surface area contributed by atoms with E-state index in [2.05, 4.69) is 0 Å². The lowest BCUT2D eigenvalue weighted by atomic mass is 10.00. The molecule has 0 bridgehead atoms. The van der Waals surface area contributed by atoms with Gasteiger partial charge in [-0.25, -0.2) is 0 Å². The topological polar surface area (TPSA) is 18.5 Å². The molecule has 2 aliphatic carbocycles. The molecule has 2 aliphatic rings. The second kappa shape index (κ2) is 9.31. The number of rotatable bonds is 4. The SMILES string of the molecule is CO[Si](OC)(C1CCCCCCC1)C1CCCCCCC1. The largest absolute Gasteiger partial charge is 0.397 e. The summed E-state index contributed by atoms with van der Waals surface area (Å²) < 4.78 is 12.6. The lowest BCUT2D eigenvalue weighted by Crippen LogP contribution is -2.50. The monoisotopic (exact) mass is 312 g/mol. The Hall–Kier alpha value is 0.137. The summed E-state index contributed by atoms with van der Waals surface area (Å²) in [6.45, 7) is 0. The minimum absolute atomic E-state index is 0.734. The molecule has 0 aromatic heterocycles. The molecule has 0 aromatic rings. The summed E-state index contributed by atoms with van der Waals surface area (Å²) in [5, 5.41) is 0. The van der Waals surface area contributed by atoms with E-state index in [-0.39, 0.29) is 0 Å². The molecule has 21 heavy (non-hydrogen) atoms. The van der Waals surface area contributed by atoms with Crippen molar-refractivity contribution in [1.82, 2.24) is 0 Å². The fourth-order valence-corrected chi connectivity index (χ4v) is 9.39. The normalized spacial score (nSPS) is 24.9. The van der Waals surface area contributed by atoms with Crippen LogP contribution in [0.2, 0.25) is 11.1 Å². The zero-order valence-corrected chi connectivity index (χ0v) is 15.4. The van der Waals surface area contributed by atoms with Crippen LogP contribution < -0.4 is 0 Å². The Morgan fingerprint density at radius 1 is 0.524 bits per heavy atom. The molecular formula is C18H36O2Si. The van der Waals surface area contributed by atoms with Gasteiger partial charge in [-0.05, 0) is 25.7 Å². The average Bonchev–Trinajstić information content (AvgIpc) is 2.43. The molecule has 2 saturated carbocycles.